The Bertz CT molecular complexity index is 287. The summed E-state index contributed by atoms with van der Waals surface area (Å²) in [5, 5.41) is 2.96. The summed E-state index contributed by atoms with van der Waals surface area (Å²) in [4.78, 5) is 14.4. The Morgan fingerprint density at radius 2 is 1.88 bits per heavy atom. The number of hydrogen-bond acceptors (Lipinski definition) is 2. The van der Waals surface area contributed by atoms with Gasteiger partial charge in [-0.15, -0.1) is 0 Å². The summed E-state index contributed by atoms with van der Waals surface area (Å²) in [6, 6.07) is -0.0379. The van der Waals surface area contributed by atoms with Gasteiger partial charge in [0, 0.05) is 13.1 Å². The molecule has 1 fully saturated rings. The van der Waals surface area contributed by atoms with Crippen LogP contribution in [0.5, 0.6) is 0 Å². The van der Waals surface area contributed by atoms with E-state index in [1.165, 1.54) is 12.8 Å². The Morgan fingerprint density at radius 3 is 2.29 bits per heavy atom. The number of thiocarbonyl (C=S) groups is 1. The Kier molecular flexibility index (Phi) is 5.18. The number of hydrogen-bond donors (Lipinski definition) is 2. The Labute approximate surface area is 109 Å². The lowest BCUT2D eigenvalue weighted by atomic mass is 9.99. The van der Waals surface area contributed by atoms with Gasteiger partial charge in [-0.25, -0.2) is 4.79 Å². The molecular formula is C12H23N3OS. The average molecular weight is 257 g/mol. The first-order valence-electron chi connectivity index (χ1n) is 6.36. The first kappa shape index (κ1) is 14.2. The monoisotopic (exact) mass is 257 g/mol. The quantitative estimate of drug-likeness (QED) is 0.761. The van der Waals surface area contributed by atoms with E-state index in [-0.39, 0.29) is 6.03 Å². The van der Waals surface area contributed by atoms with Crippen LogP contribution < -0.4 is 11.1 Å². The normalized spacial score (nSPS) is 20.2. The van der Waals surface area contributed by atoms with Crippen LogP contribution in [0.25, 0.3) is 0 Å². The molecule has 3 N–H and O–H groups in total. The molecule has 1 saturated heterocycles. The summed E-state index contributed by atoms with van der Waals surface area (Å²) >= 11 is 5.02. The molecule has 1 aliphatic rings. The fourth-order valence-electron chi connectivity index (χ4n) is 1.91. The predicted octanol–water partition coefficient (Wildman–Crippen LogP) is 2.03. The Hall–Kier alpha value is -0.840. The molecule has 1 rings (SSSR count). The molecule has 98 valence electrons. The van der Waals surface area contributed by atoms with Crippen LogP contribution in [0.1, 0.15) is 46.0 Å². The van der Waals surface area contributed by atoms with Crippen LogP contribution in [-0.2, 0) is 0 Å². The van der Waals surface area contributed by atoms with Crippen molar-refractivity contribution in [1.82, 2.24) is 10.2 Å². The SMILES string of the molecule is CCC(C)(NC(=O)N1CCCCCC1)C(N)=S. The van der Waals surface area contributed by atoms with Crippen molar-refractivity contribution in [2.45, 2.75) is 51.5 Å². The van der Waals surface area contributed by atoms with Gasteiger partial charge in [-0.3, -0.25) is 0 Å². The molecule has 0 aromatic rings. The molecule has 2 amide bonds. The number of rotatable bonds is 3. The van der Waals surface area contributed by atoms with Crippen molar-refractivity contribution in [2.24, 2.45) is 5.73 Å². The van der Waals surface area contributed by atoms with Gasteiger partial charge >= 0.3 is 6.03 Å². The fraction of sp³-hybridized carbons (Fsp3) is 0.833. The molecule has 17 heavy (non-hydrogen) atoms. The zero-order chi connectivity index (χ0) is 12.9. The van der Waals surface area contributed by atoms with Crippen molar-refractivity contribution in [2.75, 3.05) is 13.1 Å². The summed E-state index contributed by atoms with van der Waals surface area (Å²) in [6.07, 6.45) is 5.31. The maximum absolute atomic E-state index is 12.1. The van der Waals surface area contributed by atoms with Crippen molar-refractivity contribution in [3.05, 3.63) is 0 Å². The number of nitrogens with zero attached hydrogens (tertiary/aromatic N) is 1. The lowest BCUT2D eigenvalue weighted by molar-refractivity contribution is 0.192. The van der Waals surface area contributed by atoms with Crippen molar-refractivity contribution >= 4 is 23.2 Å². The van der Waals surface area contributed by atoms with Gasteiger partial charge in [-0.2, -0.15) is 0 Å². The minimum atomic E-state index is -0.571. The first-order valence-corrected chi connectivity index (χ1v) is 6.77. The van der Waals surface area contributed by atoms with Crippen LogP contribution in [0.15, 0.2) is 0 Å². The second-order valence-corrected chi connectivity index (χ2v) is 5.32. The van der Waals surface area contributed by atoms with Crippen LogP contribution in [0.3, 0.4) is 0 Å². The Balaban J connectivity index is 2.60. The first-order chi connectivity index (χ1) is 7.99. The summed E-state index contributed by atoms with van der Waals surface area (Å²) in [6.45, 7) is 5.53. The number of nitrogens with one attached hydrogen (secondary N) is 1. The molecule has 1 atom stereocenters. The number of likely N-dealkylation sites (tertiary alicyclic amines) is 1. The molecule has 4 nitrogen and oxygen atoms in total. The summed E-state index contributed by atoms with van der Waals surface area (Å²) in [5.41, 5.74) is 5.12. The van der Waals surface area contributed by atoms with Gasteiger partial charge in [0.2, 0.25) is 0 Å². The van der Waals surface area contributed by atoms with Gasteiger partial charge in [-0.05, 0) is 26.2 Å². The molecule has 1 heterocycles. The zero-order valence-electron chi connectivity index (χ0n) is 10.8. The lowest BCUT2D eigenvalue weighted by Gasteiger charge is -2.31. The van der Waals surface area contributed by atoms with Crippen molar-refractivity contribution < 1.29 is 4.79 Å². The highest BCUT2D eigenvalue weighted by Gasteiger charge is 2.29. The average Bonchev–Trinajstić information content (AvgIpc) is 2.57. The molecule has 5 heteroatoms. The van der Waals surface area contributed by atoms with Crippen LogP contribution in [0, 0.1) is 0 Å². The smallest absolute Gasteiger partial charge is 0.318 e. The van der Waals surface area contributed by atoms with Gasteiger partial charge in [0.25, 0.3) is 0 Å². The highest BCUT2D eigenvalue weighted by atomic mass is 32.1. The maximum atomic E-state index is 12.1. The molecule has 0 aromatic carbocycles. The minimum absolute atomic E-state index is 0.0379. The number of nitrogens with two attached hydrogens (primary N) is 1. The number of carbonyl (C=O) groups excluding carboxylic acids is 1. The molecule has 0 saturated carbocycles. The number of amides is 2. The molecule has 1 aliphatic heterocycles. The predicted molar refractivity (Wildman–Crippen MR) is 74.1 cm³/mol. The van der Waals surface area contributed by atoms with Crippen LogP contribution in [-0.4, -0.2) is 34.5 Å². The molecule has 0 spiro atoms. The molecule has 0 bridgehead atoms. The number of urea groups is 1. The zero-order valence-corrected chi connectivity index (χ0v) is 11.6. The fourth-order valence-corrected chi connectivity index (χ4v) is 2.11. The van der Waals surface area contributed by atoms with Gasteiger partial charge in [0.05, 0.1) is 10.5 Å². The van der Waals surface area contributed by atoms with Crippen LogP contribution in [0.2, 0.25) is 0 Å². The standard InChI is InChI=1S/C12H23N3OS/c1-3-12(2,10(13)17)14-11(16)15-8-6-4-5-7-9-15/h3-9H2,1-2H3,(H2,13,17)(H,14,16). The number of carbonyl (C=O) groups is 1. The third kappa shape index (κ3) is 3.84. The highest BCUT2D eigenvalue weighted by Crippen LogP contribution is 2.13. The Morgan fingerprint density at radius 1 is 1.35 bits per heavy atom. The topological polar surface area (TPSA) is 58.4 Å². The molecule has 1 unspecified atom stereocenters. The van der Waals surface area contributed by atoms with E-state index in [0.717, 1.165) is 25.9 Å². The van der Waals surface area contributed by atoms with Gasteiger partial charge in [0.1, 0.15) is 0 Å². The highest BCUT2D eigenvalue weighted by molar-refractivity contribution is 7.80. The summed E-state index contributed by atoms with van der Waals surface area (Å²) in [5.74, 6) is 0. The van der Waals surface area contributed by atoms with Crippen molar-refractivity contribution in [3.8, 4) is 0 Å². The van der Waals surface area contributed by atoms with E-state index in [2.05, 4.69) is 5.32 Å². The summed E-state index contributed by atoms with van der Waals surface area (Å²) in [7, 11) is 0. The largest absolute Gasteiger partial charge is 0.391 e. The third-order valence-electron chi connectivity index (χ3n) is 3.53. The third-order valence-corrected chi connectivity index (χ3v) is 3.98. The van der Waals surface area contributed by atoms with Crippen molar-refractivity contribution in [1.29, 1.82) is 0 Å². The summed E-state index contributed by atoms with van der Waals surface area (Å²) < 4.78 is 0. The van der Waals surface area contributed by atoms with E-state index in [1.54, 1.807) is 0 Å². The van der Waals surface area contributed by atoms with E-state index in [9.17, 15) is 4.79 Å². The lowest BCUT2D eigenvalue weighted by Crippen LogP contribution is -2.57. The van der Waals surface area contributed by atoms with E-state index in [1.807, 2.05) is 18.7 Å². The molecular weight excluding hydrogens is 234 g/mol. The van der Waals surface area contributed by atoms with E-state index < -0.39 is 5.54 Å². The van der Waals surface area contributed by atoms with Crippen LogP contribution >= 0.6 is 12.2 Å². The van der Waals surface area contributed by atoms with Crippen LogP contribution in [0.4, 0.5) is 4.79 Å². The van der Waals surface area contributed by atoms with Gasteiger partial charge in [0.15, 0.2) is 0 Å². The van der Waals surface area contributed by atoms with Crippen molar-refractivity contribution in [3.63, 3.8) is 0 Å². The van der Waals surface area contributed by atoms with Gasteiger partial charge in [-0.1, -0.05) is 32.0 Å². The molecule has 0 aromatic heterocycles. The molecule has 0 aliphatic carbocycles. The molecule has 0 radical (unpaired) electrons. The van der Waals surface area contributed by atoms with Gasteiger partial charge < -0.3 is 16.0 Å². The van der Waals surface area contributed by atoms with E-state index in [4.69, 9.17) is 18.0 Å². The maximum Gasteiger partial charge on any atom is 0.318 e. The second kappa shape index (κ2) is 6.19. The van der Waals surface area contributed by atoms with E-state index in [0.29, 0.717) is 11.4 Å². The second-order valence-electron chi connectivity index (χ2n) is 4.88. The van der Waals surface area contributed by atoms with E-state index >= 15 is 0 Å². The minimum Gasteiger partial charge on any atom is -0.391 e.